The van der Waals surface area contributed by atoms with Crippen LogP contribution < -0.4 is 16.4 Å². The smallest absolute Gasteiger partial charge is 0.0991 e. The van der Waals surface area contributed by atoms with Gasteiger partial charge >= 0.3 is 0 Å². The van der Waals surface area contributed by atoms with Crippen LogP contribution in [-0.4, -0.2) is 37.5 Å². The molecule has 1 heterocycles. The van der Waals surface area contributed by atoms with Gasteiger partial charge in [-0.1, -0.05) is 0 Å². The third-order valence-electron chi connectivity index (χ3n) is 0.957. The van der Waals surface area contributed by atoms with Crippen molar-refractivity contribution < 1.29 is 5.11 Å². The van der Waals surface area contributed by atoms with Crippen molar-refractivity contribution in [3.8, 4) is 0 Å². The van der Waals surface area contributed by atoms with Crippen molar-refractivity contribution in [1.82, 2.24) is 10.6 Å². The molecular formula is C6H17N3O. The van der Waals surface area contributed by atoms with Crippen LogP contribution in [0.15, 0.2) is 0 Å². The first-order valence-corrected chi connectivity index (χ1v) is 3.58. The minimum absolute atomic E-state index is 0.667. The van der Waals surface area contributed by atoms with E-state index in [9.17, 15) is 0 Å². The number of rotatable bonds is 0. The third kappa shape index (κ3) is 10.8. The Labute approximate surface area is 61.8 Å². The highest BCUT2D eigenvalue weighted by molar-refractivity contribution is 4.59. The Morgan fingerprint density at radius 2 is 1.40 bits per heavy atom. The monoisotopic (exact) mass is 147 g/mol. The van der Waals surface area contributed by atoms with Gasteiger partial charge in [-0.2, -0.15) is 0 Å². The molecule has 0 aromatic heterocycles. The molecule has 1 rings (SSSR count). The molecule has 10 heavy (non-hydrogen) atoms. The van der Waals surface area contributed by atoms with Crippen LogP contribution in [0.2, 0.25) is 0 Å². The van der Waals surface area contributed by atoms with Gasteiger partial charge in [-0.15, -0.1) is 0 Å². The van der Waals surface area contributed by atoms with Crippen molar-refractivity contribution in [3.63, 3.8) is 0 Å². The summed E-state index contributed by atoms with van der Waals surface area (Å²) in [4.78, 5) is 0. The molecule has 0 bridgehead atoms. The minimum Gasteiger partial charge on any atom is -0.379 e. The first-order valence-electron chi connectivity index (χ1n) is 3.58. The maximum Gasteiger partial charge on any atom is 0.0991 e. The van der Waals surface area contributed by atoms with Crippen molar-refractivity contribution >= 4 is 0 Å². The highest BCUT2D eigenvalue weighted by Gasteiger charge is 1.91. The second-order valence-corrected chi connectivity index (χ2v) is 2.24. The average molecular weight is 147 g/mol. The Bertz CT molecular complexity index is 49.7. The quantitative estimate of drug-likeness (QED) is 0.314. The summed E-state index contributed by atoms with van der Waals surface area (Å²) in [6, 6.07) is 0. The van der Waals surface area contributed by atoms with E-state index in [1.54, 1.807) is 0 Å². The summed E-state index contributed by atoms with van der Waals surface area (Å²) < 4.78 is 0. The number of nitrogens with two attached hydrogens (primary N) is 1. The molecule has 4 heteroatoms. The van der Waals surface area contributed by atoms with Gasteiger partial charge in [-0.3, -0.25) is 0 Å². The van der Waals surface area contributed by atoms with Crippen LogP contribution >= 0.6 is 0 Å². The molecular weight excluding hydrogens is 130 g/mol. The van der Waals surface area contributed by atoms with Gasteiger partial charge in [0.05, 0.1) is 6.23 Å². The molecule has 0 aromatic rings. The normalized spacial score (nSPS) is 20.7. The Morgan fingerprint density at radius 3 is 1.50 bits per heavy atom. The predicted octanol–water partition coefficient (Wildman–Crippen LogP) is -1.54. The number of hydrogen-bond donors (Lipinski definition) is 4. The maximum atomic E-state index is 7.83. The largest absolute Gasteiger partial charge is 0.379 e. The van der Waals surface area contributed by atoms with E-state index < -0.39 is 6.23 Å². The predicted molar refractivity (Wildman–Crippen MR) is 41.6 cm³/mol. The first-order chi connectivity index (χ1) is 4.73. The molecule has 0 saturated carbocycles. The van der Waals surface area contributed by atoms with Crippen LogP contribution in [0.3, 0.4) is 0 Å². The Balaban J connectivity index is 0.000000180. The van der Waals surface area contributed by atoms with Crippen LogP contribution in [0.5, 0.6) is 0 Å². The molecule has 1 atom stereocenters. The summed E-state index contributed by atoms with van der Waals surface area (Å²) >= 11 is 0. The van der Waals surface area contributed by atoms with E-state index in [2.05, 4.69) is 16.4 Å². The fraction of sp³-hybridized carbons (Fsp3) is 1.00. The zero-order chi connectivity index (χ0) is 7.82. The van der Waals surface area contributed by atoms with Crippen molar-refractivity contribution in [1.29, 1.82) is 0 Å². The van der Waals surface area contributed by atoms with E-state index >= 15 is 0 Å². The fourth-order valence-corrected chi connectivity index (χ4v) is 0.604. The van der Waals surface area contributed by atoms with Crippen LogP contribution in [0.25, 0.3) is 0 Å². The van der Waals surface area contributed by atoms with Gasteiger partial charge in [0.1, 0.15) is 0 Å². The van der Waals surface area contributed by atoms with Gasteiger partial charge in [0, 0.05) is 26.2 Å². The fourth-order valence-electron chi connectivity index (χ4n) is 0.604. The van der Waals surface area contributed by atoms with E-state index in [-0.39, 0.29) is 0 Å². The SMILES string of the molecule is C1CNCCN1.CC(N)O. The molecule has 62 valence electrons. The number of nitrogens with one attached hydrogen (secondary N) is 2. The molecule has 1 unspecified atom stereocenters. The van der Waals surface area contributed by atoms with Gasteiger partial charge < -0.3 is 21.5 Å². The van der Waals surface area contributed by atoms with Crippen molar-refractivity contribution in [3.05, 3.63) is 0 Å². The number of aliphatic hydroxyl groups is 1. The highest BCUT2D eigenvalue weighted by Crippen LogP contribution is 1.65. The van der Waals surface area contributed by atoms with Crippen molar-refractivity contribution in [2.24, 2.45) is 5.73 Å². The van der Waals surface area contributed by atoms with Crippen LogP contribution in [-0.2, 0) is 0 Å². The molecule has 1 fully saturated rings. The van der Waals surface area contributed by atoms with E-state index in [1.165, 1.54) is 6.92 Å². The molecule has 0 aromatic carbocycles. The topological polar surface area (TPSA) is 70.3 Å². The molecule has 1 aliphatic rings. The van der Waals surface area contributed by atoms with E-state index in [0.29, 0.717) is 0 Å². The number of aliphatic hydroxyl groups excluding tert-OH is 1. The summed E-state index contributed by atoms with van der Waals surface area (Å²) in [7, 11) is 0. The highest BCUT2D eigenvalue weighted by atomic mass is 16.3. The van der Waals surface area contributed by atoms with E-state index in [1.807, 2.05) is 0 Å². The Morgan fingerprint density at radius 1 is 1.20 bits per heavy atom. The summed E-state index contributed by atoms with van der Waals surface area (Å²) in [5, 5.41) is 14.3. The Hall–Kier alpha value is -0.160. The summed E-state index contributed by atoms with van der Waals surface area (Å²) in [6.45, 7) is 6.06. The molecule has 0 amide bonds. The van der Waals surface area contributed by atoms with Crippen molar-refractivity contribution in [2.45, 2.75) is 13.2 Å². The molecule has 0 spiro atoms. The van der Waals surface area contributed by atoms with Gasteiger partial charge in [0.25, 0.3) is 0 Å². The van der Waals surface area contributed by atoms with E-state index in [0.717, 1.165) is 26.2 Å². The van der Waals surface area contributed by atoms with Gasteiger partial charge in [-0.25, -0.2) is 0 Å². The Kier molecular flexibility index (Phi) is 6.84. The van der Waals surface area contributed by atoms with E-state index in [4.69, 9.17) is 5.11 Å². The molecule has 1 aliphatic heterocycles. The molecule has 5 N–H and O–H groups in total. The lowest BCUT2D eigenvalue weighted by molar-refractivity contribution is 0.203. The van der Waals surface area contributed by atoms with Gasteiger partial charge in [0.15, 0.2) is 0 Å². The molecule has 0 aliphatic carbocycles. The lowest BCUT2D eigenvalue weighted by Crippen LogP contribution is -2.39. The summed E-state index contributed by atoms with van der Waals surface area (Å²) in [5.41, 5.74) is 4.67. The number of piperazine rings is 1. The summed E-state index contributed by atoms with van der Waals surface area (Å²) in [6.07, 6.45) is -0.667. The lowest BCUT2D eigenvalue weighted by Gasteiger charge is -2.11. The minimum atomic E-state index is -0.667. The second kappa shape index (κ2) is 6.95. The first kappa shape index (κ1) is 9.84. The lowest BCUT2D eigenvalue weighted by atomic mass is 10.4. The maximum absolute atomic E-state index is 7.83. The standard InChI is InChI=1S/C4H10N2.C2H7NO/c1-2-6-4-3-5-1;1-2(3)4/h5-6H,1-4H2;2,4H,3H2,1H3. The van der Waals surface area contributed by atoms with Crippen LogP contribution in [0.4, 0.5) is 0 Å². The second-order valence-electron chi connectivity index (χ2n) is 2.24. The number of hydrogen-bond acceptors (Lipinski definition) is 4. The van der Waals surface area contributed by atoms with Crippen molar-refractivity contribution in [2.75, 3.05) is 26.2 Å². The molecule has 4 nitrogen and oxygen atoms in total. The zero-order valence-corrected chi connectivity index (χ0v) is 6.43. The van der Waals surface area contributed by atoms with Gasteiger partial charge in [0.2, 0.25) is 0 Å². The molecule has 0 radical (unpaired) electrons. The summed E-state index contributed by atoms with van der Waals surface area (Å²) in [5.74, 6) is 0. The average Bonchev–Trinajstić information content (AvgIpc) is 1.90. The van der Waals surface area contributed by atoms with Gasteiger partial charge in [-0.05, 0) is 6.92 Å². The third-order valence-corrected chi connectivity index (χ3v) is 0.957. The molecule has 1 saturated heterocycles. The van der Waals surface area contributed by atoms with Crippen LogP contribution in [0.1, 0.15) is 6.92 Å². The van der Waals surface area contributed by atoms with Crippen LogP contribution in [0, 0.1) is 0 Å². The zero-order valence-electron chi connectivity index (χ0n) is 6.43.